The molecule has 0 spiro atoms. The van der Waals surface area contributed by atoms with E-state index in [0.717, 1.165) is 37.8 Å². The lowest BCUT2D eigenvalue weighted by molar-refractivity contribution is -0.137. The second-order valence-corrected chi connectivity index (χ2v) is 7.34. The Kier molecular flexibility index (Phi) is 6.69. The van der Waals surface area contributed by atoms with Gasteiger partial charge in [-0.15, -0.1) is 0 Å². The molecule has 1 saturated heterocycles. The molecule has 2 amide bonds. The molecule has 1 aromatic rings. The molecule has 28 heavy (non-hydrogen) atoms. The van der Waals surface area contributed by atoms with E-state index in [0.29, 0.717) is 38.5 Å². The van der Waals surface area contributed by atoms with Crippen molar-refractivity contribution in [1.82, 2.24) is 4.90 Å². The first-order valence-corrected chi connectivity index (χ1v) is 10.0. The van der Waals surface area contributed by atoms with E-state index in [9.17, 15) is 18.0 Å². The molecule has 0 aromatic heterocycles. The van der Waals surface area contributed by atoms with E-state index >= 15 is 0 Å². The summed E-state index contributed by atoms with van der Waals surface area (Å²) in [5.41, 5.74) is 0.0425. The van der Waals surface area contributed by atoms with Gasteiger partial charge in [0, 0.05) is 25.7 Å². The molecule has 156 valence electrons. The quantitative estimate of drug-likeness (QED) is 0.796. The molecule has 0 unspecified atom stereocenters. The first kappa shape index (κ1) is 20.8. The van der Waals surface area contributed by atoms with Crippen molar-refractivity contribution >= 4 is 17.4 Å². The highest BCUT2D eigenvalue weighted by molar-refractivity contribution is 5.93. The third-order valence-electron chi connectivity index (χ3n) is 5.53. The van der Waals surface area contributed by atoms with Crippen LogP contribution in [0.1, 0.15) is 44.6 Å². The Bertz CT molecular complexity index is 669. The van der Waals surface area contributed by atoms with E-state index in [4.69, 9.17) is 4.74 Å². The Labute approximate surface area is 163 Å². The topological polar surface area (TPSA) is 44.8 Å². The van der Waals surface area contributed by atoms with Gasteiger partial charge in [0.15, 0.2) is 0 Å². The molecule has 0 radical (unpaired) electrons. The summed E-state index contributed by atoms with van der Waals surface area (Å²) in [5.74, 6) is 0. The number of carbonyl (C=O) groups is 1. The number of alkyl halides is 3. The molecule has 1 aliphatic carbocycles. The predicted octanol–water partition coefficient (Wildman–Crippen LogP) is 4.73. The molecule has 1 saturated carbocycles. The van der Waals surface area contributed by atoms with Gasteiger partial charge in [-0.3, -0.25) is 0 Å². The largest absolute Gasteiger partial charge is 0.416 e. The Hall–Kier alpha value is -1.96. The second kappa shape index (κ2) is 9.03. The predicted molar refractivity (Wildman–Crippen MR) is 103 cm³/mol. The number of amides is 2. The minimum absolute atomic E-state index is 0.149. The average Bonchev–Trinajstić information content (AvgIpc) is 2.69. The van der Waals surface area contributed by atoms with E-state index in [1.54, 1.807) is 4.90 Å². The maximum Gasteiger partial charge on any atom is 0.416 e. The van der Waals surface area contributed by atoms with Gasteiger partial charge in [0.2, 0.25) is 0 Å². The maximum atomic E-state index is 13.2. The third-order valence-corrected chi connectivity index (χ3v) is 5.53. The fourth-order valence-electron chi connectivity index (χ4n) is 4.04. The summed E-state index contributed by atoms with van der Waals surface area (Å²) >= 11 is 0. The lowest BCUT2D eigenvalue weighted by Crippen LogP contribution is -2.44. The number of morpholine rings is 1. The Morgan fingerprint density at radius 3 is 2.50 bits per heavy atom. The zero-order valence-corrected chi connectivity index (χ0v) is 16.2. The van der Waals surface area contributed by atoms with Crippen LogP contribution in [0.3, 0.4) is 0 Å². The second-order valence-electron chi connectivity index (χ2n) is 7.34. The molecule has 1 aliphatic heterocycles. The minimum Gasteiger partial charge on any atom is -0.378 e. The van der Waals surface area contributed by atoms with Gasteiger partial charge in [0.25, 0.3) is 0 Å². The Morgan fingerprint density at radius 2 is 1.89 bits per heavy atom. The lowest BCUT2D eigenvalue weighted by Gasteiger charge is -2.35. The van der Waals surface area contributed by atoms with Crippen LogP contribution in [0.15, 0.2) is 18.2 Å². The molecule has 1 N–H and O–H groups in total. The lowest BCUT2D eigenvalue weighted by atomic mass is 9.94. The van der Waals surface area contributed by atoms with E-state index in [1.165, 1.54) is 12.5 Å². The highest BCUT2D eigenvalue weighted by atomic mass is 19.4. The van der Waals surface area contributed by atoms with Crippen LogP contribution in [0.5, 0.6) is 0 Å². The monoisotopic (exact) mass is 399 g/mol. The first-order chi connectivity index (χ1) is 13.4. The zero-order valence-electron chi connectivity index (χ0n) is 16.2. The fourth-order valence-corrected chi connectivity index (χ4v) is 4.04. The number of ether oxygens (including phenoxy) is 1. The van der Waals surface area contributed by atoms with Gasteiger partial charge in [0.05, 0.1) is 30.2 Å². The van der Waals surface area contributed by atoms with Crippen molar-refractivity contribution in [2.24, 2.45) is 0 Å². The first-order valence-electron chi connectivity index (χ1n) is 10.0. The summed E-state index contributed by atoms with van der Waals surface area (Å²) in [6.07, 6.45) is 0.760. The number of nitrogens with one attached hydrogen (secondary N) is 1. The van der Waals surface area contributed by atoms with E-state index in [1.807, 2.05) is 11.8 Å². The van der Waals surface area contributed by atoms with Crippen LogP contribution in [0.4, 0.5) is 29.3 Å². The van der Waals surface area contributed by atoms with Crippen molar-refractivity contribution in [3.8, 4) is 0 Å². The number of benzene rings is 1. The molecule has 0 atom stereocenters. The molecular weight excluding hydrogens is 371 g/mol. The number of nitrogens with zero attached hydrogens (tertiary/aromatic N) is 2. The summed E-state index contributed by atoms with van der Waals surface area (Å²) in [6, 6.07) is 3.37. The highest BCUT2D eigenvalue weighted by Gasteiger charge is 2.32. The summed E-state index contributed by atoms with van der Waals surface area (Å²) in [6.45, 7) is 4.61. The Morgan fingerprint density at radius 1 is 1.21 bits per heavy atom. The van der Waals surface area contributed by atoms with Gasteiger partial charge in [-0.1, -0.05) is 19.3 Å². The van der Waals surface area contributed by atoms with E-state index < -0.39 is 11.7 Å². The number of hydrogen-bond donors (Lipinski definition) is 1. The molecule has 1 aromatic carbocycles. The van der Waals surface area contributed by atoms with Crippen LogP contribution >= 0.6 is 0 Å². The molecule has 5 nitrogen and oxygen atoms in total. The number of urea groups is 1. The minimum atomic E-state index is -4.46. The molecular formula is C20H28F3N3O2. The van der Waals surface area contributed by atoms with E-state index in [-0.39, 0.29) is 17.8 Å². The number of anilines is 2. The number of rotatable bonds is 4. The number of carbonyl (C=O) groups excluding carboxylic acids is 1. The highest BCUT2D eigenvalue weighted by Crippen LogP contribution is 2.36. The summed E-state index contributed by atoms with van der Waals surface area (Å²) in [4.78, 5) is 16.6. The molecule has 2 fully saturated rings. The molecule has 0 bridgehead atoms. The van der Waals surface area contributed by atoms with Gasteiger partial charge in [-0.05, 0) is 38.0 Å². The van der Waals surface area contributed by atoms with Crippen LogP contribution < -0.4 is 10.2 Å². The SMILES string of the molecule is CCN(C(=O)Nc1cc(C(F)(F)F)ccc1N1CCOCC1)C1CCCCC1. The van der Waals surface area contributed by atoms with Crippen molar-refractivity contribution in [3.05, 3.63) is 23.8 Å². The van der Waals surface area contributed by atoms with Crippen molar-refractivity contribution in [3.63, 3.8) is 0 Å². The van der Waals surface area contributed by atoms with Crippen LogP contribution in [-0.2, 0) is 10.9 Å². The summed E-state index contributed by atoms with van der Waals surface area (Å²) in [5, 5.41) is 2.77. The zero-order chi connectivity index (χ0) is 20.1. The summed E-state index contributed by atoms with van der Waals surface area (Å²) < 4.78 is 45.1. The molecule has 2 aliphatic rings. The van der Waals surface area contributed by atoms with Crippen LogP contribution in [0, 0.1) is 0 Å². The van der Waals surface area contributed by atoms with Crippen molar-refractivity contribution in [2.45, 2.75) is 51.2 Å². The average molecular weight is 399 g/mol. The van der Waals surface area contributed by atoms with Gasteiger partial charge in [-0.25, -0.2) is 4.79 Å². The van der Waals surface area contributed by atoms with Gasteiger partial charge in [-0.2, -0.15) is 13.2 Å². The van der Waals surface area contributed by atoms with Crippen LogP contribution in [0.25, 0.3) is 0 Å². The maximum absolute atomic E-state index is 13.2. The van der Waals surface area contributed by atoms with E-state index in [2.05, 4.69) is 5.32 Å². The van der Waals surface area contributed by atoms with Crippen molar-refractivity contribution < 1.29 is 22.7 Å². The van der Waals surface area contributed by atoms with Gasteiger partial charge >= 0.3 is 12.2 Å². The number of halogens is 3. The Balaban J connectivity index is 1.85. The fraction of sp³-hybridized carbons (Fsp3) is 0.650. The third kappa shape index (κ3) is 4.90. The smallest absolute Gasteiger partial charge is 0.378 e. The number of hydrogen-bond acceptors (Lipinski definition) is 3. The molecule has 1 heterocycles. The molecule has 8 heteroatoms. The molecule has 3 rings (SSSR count). The normalized spacial score (nSPS) is 18.8. The van der Waals surface area contributed by atoms with Crippen molar-refractivity contribution in [2.75, 3.05) is 43.1 Å². The van der Waals surface area contributed by atoms with Gasteiger partial charge < -0.3 is 19.9 Å². The van der Waals surface area contributed by atoms with Crippen LogP contribution in [-0.4, -0.2) is 49.8 Å². The van der Waals surface area contributed by atoms with Gasteiger partial charge in [0.1, 0.15) is 0 Å². The summed E-state index contributed by atoms with van der Waals surface area (Å²) in [7, 11) is 0. The van der Waals surface area contributed by atoms with Crippen molar-refractivity contribution in [1.29, 1.82) is 0 Å². The van der Waals surface area contributed by atoms with Crippen LogP contribution in [0.2, 0.25) is 0 Å². The standard InChI is InChI=1S/C20H28F3N3O2/c1-2-26(16-6-4-3-5-7-16)19(27)24-17-14-15(20(21,22)23)8-9-18(17)25-10-12-28-13-11-25/h8-9,14,16H,2-7,10-13H2,1H3,(H,24,27).